The zero-order valence-electron chi connectivity index (χ0n) is 12.5. The van der Waals surface area contributed by atoms with Crippen LogP contribution in [0.5, 0.6) is 0 Å². The molecule has 1 saturated heterocycles. The van der Waals surface area contributed by atoms with Gasteiger partial charge in [0.15, 0.2) is 0 Å². The molecule has 122 valence electrons. The topological polar surface area (TPSA) is 104 Å². The van der Waals surface area contributed by atoms with Gasteiger partial charge in [-0.05, 0) is 37.7 Å². The number of benzene rings is 1. The van der Waals surface area contributed by atoms with Gasteiger partial charge in [-0.1, -0.05) is 0 Å². The van der Waals surface area contributed by atoms with Gasteiger partial charge in [-0.25, -0.2) is 13.6 Å². The van der Waals surface area contributed by atoms with Crippen LogP contribution in [0.25, 0.3) is 0 Å². The number of piperazine rings is 1. The van der Waals surface area contributed by atoms with Crippen LogP contribution in [0.2, 0.25) is 0 Å². The summed E-state index contributed by atoms with van der Waals surface area (Å²) >= 11 is 0. The molecule has 1 aromatic rings. The fourth-order valence-corrected chi connectivity index (χ4v) is 3.14. The van der Waals surface area contributed by atoms with Crippen molar-refractivity contribution in [3.05, 3.63) is 29.8 Å². The second-order valence-electron chi connectivity index (χ2n) is 5.50. The minimum atomic E-state index is -3.76. The highest BCUT2D eigenvalue weighted by Crippen LogP contribution is 2.17. The van der Waals surface area contributed by atoms with Gasteiger partial charge in [-0.2, -0.15) is 0 Å². The third-order valence-electron chi connectivity index (χ3n) is 3.84. The van der Waals surface area contributed by atoms with Crippen molar-refractivity contribution in [1.29, 1.82) is 0 Å². The lowest BCUT2D eigenvalue weighted by atomic mass is 10.1. The Morgan fingerprint density at radius 3 is 2.50 bits per heavy atom. The summed E-state index contributed by atoms with van der Waals surface area (Å²) in [5.41, 5.74) is 0.417. The quantitative estimate of drug-likeness (QED) is 0.774. The first-order valence-electron chi connectivity index (χ1n) is 7.06. The fourth-order valence-electron chi connectivity index (χ4n) is 2.63. The summed E-state index contributed by atoms with van der Waals surface area (Å²) in [5.74, 6) is -0.160. The number of primary sulfonamides is 1. The lowest BCUT2D eigenvalue weighted by Gasteiger charge is -2.40. The van der Waals surface area contributed by atoms with Gasteiger partial charge < -0.3 is 14.9 Å². The van der Waals surface area contributed by atoms with Crippen LogP contribution < -0.4 is 5.14 Å². The number of hydrogen-bond acceptors (Lipinski definition) is 5. The van der Waals surface area contributed by atoms with E-state index in [2.05, 4.69) is 4.90 Å². The van der Waals surface area contributed by atoms with Crippen molar-refractivity contribution in [2.24, 2.45) is 5.14 Å². The molecular weight excluding hydrogens is 306 g/mol. The van der Waals surface area contributed by atoms with Crippen LogP contribution in [0.1, 0.15) is 16.8 Å². The molecule has 0 bridgehead atoms. The van der Waals surface area contributed by atoms with E-state index >= 15 is 0 Å². The van der Waals surface area contributed by atoms with Crippen molar-refractivity contribution in [1.82, 2.24) is 9.80 Å². The highest BCUT2D eigenvalue weighted by atomic mass is 32.2. The molecule has 0 spiro atoms. The molecule has 7 nitrogen and oxygen atoms in total. The number of carbonyl (C=O) groups excluding carboxylic acids is 1. The summed E-state index contributed by atoms with van der Waals surface area (Å²) in [6.45, 7) is 2.08. The molecule has 1 amide bonds. The summed E-state index contributed by atoms with van der Waals surface area (Å²) in [6, 6.07) is 5.56. The number of amides is 1. The summed E-state index contributed by atoms with van der Waals surface area (Å²) in [7, 11) is -1.78. The minimum absolute atomic E-state index is 0.0191. The Balaban J connectivity index is 2.19. The molecule has 2 rings (SSSR count). The summed E-state index contributed by atoms with van der Waals surface area (Å²) in [6.07, 6.45) is 0.519. The van der Waals surface area contributed by atoms with Crippen LogP contribution in [-0.2, 0) is 10.0 Å². The maximum Gasteiger partial charge on any atom is 0.254 e. The third kappa shape index (κ3) is 3.83. The number of likely N-dealkylation sites (N-methyl/N-ethyl adjacent to an activating group) is 1. The monoisotopic (exact) mass is 327 g/mol. The summed E-state index contributed by atoms with van der Waals surface area (Å²) < 4.78 is 22.5. The lowest BCUT2D eigenvalue weighted by molar-refractivity contribution is 0.0448. The van der Waals surface area contributed by atoms with Crippen molar-refractivity contribution in [3.63, 3.8) is 0 Å². The standard InChI is InChI=1S/C14H21N3O4S/c1-16-7-8-17(12(10-16)6-9-18)14(19)11-2-4-13(5-3-11)22(15,20)21/h2-5,12,18H,6-10H2,1H3,(H2,15,20,21)/t12-/m0/s1. The molecule has 8 heteroatoms. The highest BCUT2D eigenvalue weighted by Gasteiger charge is 2.29. The second-order valence-corrected chi connectivity index (χ2v) is 7.06. The van der Waals surface area contributed by atoms with Crippen molar-refractivity contribution >= 4 is 15.9 Å². The van der Waals surface area contributed by atoms with E-state index < -0.39 is 10.0 Å². The van der Waals surface area contributed by atoms with Crippen LogP contribution in [0.15, 0.2) is 29.2 Å². The van der Waals surface area contributed by atoms with Crippen molar-refractivity contribution in [3.8, 4) is 0 Å². The first-order chi connectivity index (χ1) is 10.3. The number of rotatable bonds is 4. The number of nitrogens with two attached hydrogens (primary N) is 1. The first kappa shape index (κ1) is 16.9. The predicted molar refractivity (Wildman–Crippen MR) is 81.8 cm³/mol. The van der Waals surface area contributed by atoms with E-state index in [1.165, 1.54) is 24.3 Å². The largest absolute Gasteiger partial charge is 0.396 e. The smallest absolute Gasteiger partial charge is 0.254 e. The first-order valence-corrected chi connectivity index (χ1v) is 8.61. The Labute approximate surface area is 130 Å². The zero-order chi connectivity index (χ0) is 16.3. The van der Waals surface area contributed by atoms with E-state index in [9.17, 15) is 13.2 Å². The van der Waals surface area contributed by atoms with Crippen molar-refractivity contribution in [2.75, 3.05) is 33.3 Å². The van der Waals surface area contributed by atoms with Gasteiger partial charge in [-0.15, -0.1) is 0 Å². The molecule has 0 aromatic heterocycles. The number of sulfonamides is 1. The molecule has 0 radical (unpaired) electrons. The summed E-state index contributed by atoms with van der Waals surface area (Å²) in [5, 5.41) is 14.2. The summed E-state index contributed by atoms with van der Waals surface area (Å²) in [4.78, 5) is 16.4. The fraction of sp³-hybridized carbons (Fsp3) is 0.500. The molecule has 1 atom stereocenters. The van der Waals surface area contributed by atoms with E-state index in [4.69, 9.17) is 10.2 Å². The van der Waals surface area contributed by atoms with Crippen molar-refractivity contribution in [2.45, 2.75) is 17.4 Å². The number of nitrogens with zero attached hydrogens (tertiary/aromatic N) is 2. The third-order valence-corrected chi connectivity index (χ3v) is 4.77. The zero-order valence-corrected chi connectivity index (χ0v) is 13.3. The molecule has 22 heavy (non-hydrogen) atoms. The SMILES string of the molecule is CN1CCN(C(=O)c2ccc(S(N)(=O)=O)cc2)[C@@H](CCO)C1. The Bertz CT molecular complexity index is 630. The van der Waals surface area contributed by atoms with E-state index in [0.717, 1.165) is 6.54 Å². The highest BCUT2D eigenvalue weighted by molar-refractivity contribution is 7.89. The molecular formula is C14H21N3O4S. The van der Waals surface area contributed by atoms with Crippen LogP contribution in [0.3, 0.4) is 0 Å². The molecule has 1 heterocycles. The number of aliphatic hydroxyl groups excluding tert-OH is 1. The molecule has 0 aliphatic carbocycles. The van der Waals surface area contributed by atoms with E-state index in [-0.39, 0.29) is 23.5 Å². The van der Waals surface area contributed by atoms with Crippen LogP contribution in [-0.4, -0.2) is 68.6 Å². The van der Waals surface area contributed by atoms with Gasteiger partial charge in [0.25, 0.3) is 5.91 Å². The molecule has 3 N–H and O–H groups in total. The van der Waals surface area contributed by atoms with Gasteiger partial charge in [0.05, 0.1) is 4.90 Å². The normalized spacial score (nSPS) is 20.1. The maximum absolute atomic E-state index is 12.6. The number of aliphatic hydroxyl groups is 1. The lowest BCUT2D eigenvalue weighted by Crippen LogP contribution is -2.54. The Kier molecular flexibility index (Phi) is 5.17. The predicted octanol–water partition coefficient (Wildman–Crippen LogP) is -0.527. The molecule has 1 aromatic carbocycles. The van der Waals surface area contributed by atoms with Crippen molar-refractivity contribution < 1.29 is 18.3 Å². The van der Waals surface area contributed by atoms with Gasteiger partial charge >= 0.3 is 0 Å². The van der Waals surface area contributed by atoms with E-state index in [0.29, 0.717) is 25.1 Å². The Hall–Kier alpha value is -1.48. The van der Waals surface area contributed by atoms with Gasteiger partial charge in [0.2, 0.25) is 10.0 Å². The van der Waals surface area contributed by atoms with Crippen LogP contribution in [0.4, 0.5) is 0 Å². The van der Waals surface area contributed by atoms with Gasteiger partial charge in [0.1, 0.15) is 0 Å². The Morgan fingerprint density at radius 2 is 1.95 bits per heavy atom. The molecule has 1 fully saturated rings. The van der Waals surface area contributed by atoms with Gasteiger partial charge in [-0.3, -0.25) is 4.79 Å². The van der Waals surface area contributed by atoms with Crippen LogP contribution >= 0.6 is 0 Å². The number of hydrogen-bond donors (Lipinski definition) is 2. The second kappa shape index (κ2) is 6.74. The molecule has 1 aliphatic rings. The Morgan fingerprint density at radius 1 is 1.32 bits per heavy atom. The van der Waals surface area contributed by atoms with Gasteiger partial charge in [0, 0.05) is 37.8 Å². The number of carbonyl (C=O) groups is 1. The van der Waals surface area contributed by atoms with Crippen LogP contribution in [0, 0.1) is 0 Å². The average molecular weight is 327 g/mol. The van der Waals surface area contributed by atoms with E-state index in [1.807, 2.05) is 7.05 Å². The molecule has 0 saturated carbocycles. The average Bonchev–Trinajstić information content (AvgIpc) is 2.46. The molecule has 1 aliphatic heterocycles. The minimum Gasteiger partial charge on any atom is -0.396 e. The van der Waals surface area contributed by atoms with E-state index in [1.54, 1.807) is 4.90 Å². The maximum atomic E-state index is 12.6. The molecule has 0 unspecified atom stereocenters.